The molecule has 10 nitrogen and oxygen atoms in total. The Morgan fingerprint density at radius 1 is 0.689 bits per heavy atom. The number of anilines is 2. The van der Waals surface area contributed by atoms with E-state index in [0.717, 1.165) is 43.1 Å². The van der Waals surface area contributed by atoms with Crippen LogP contribution in [0.15, 0.2) is 94.9 Å². The Kier molecular flexibility index (Phi) is 8.25. The lowest BCUT2D eigenvalue weighted by Crippen LogP contribution is -2.50. The summed E-state index contributed by atoms with van der Waals surface area (Å²) in [6.07, 6.45) is 0.00884. The first-order valence-corrected chi connectivity index (χ1v) is 16.4. The molecule has 0 aromatic heterocycles. The van der Waals surface area contributed by atoms with Crippen molar-refractivity contribution in [1.82, 2.24) is 14.7 Å². The third-order valence-electron chi connectivity index (χ3n) is 8.75. The van der Waals surface area contributed by atoms with E-state index >= 15 is 0 Å². The maximum Gasteiger partial charge on any atom is 0.259 e. The van der Waals surface area contributed by atoms with E-state index in [-0.39, 0.29) is 29.9 Å². The van der Waals surface area contributed by atoms with Crippen molar-refractivity contribution in [3.8, 4) is 0 Å². The Morgan fingerprint density at radius 2 is 1.22 bits per heavy atom. The van der Waals surface area contributed by atoms with Crippen molar-refractivity contribution in [2.24, 2.45) is 9.98 Å². The molecule has 0 saturated carbocycles. The molecule has 0 spiro atoms. The second kappa shape index (κ2) is 12.8. The first-order valence-electron chi connectivity index (χ1n) is 15.4. The summed E-state index contributed by atoms with van der Waals surface area (Å²) in [4.78, 5) is 59.7. The van der Waals surface area contributed by atoms with Crippen molar-refractivity contribution in [2.75, 3.05) is 67.9 Å². The van der Waals surface area contributed by atoms with Crippen molar-refractivity contribution >= 4 is 57.5 Å². The molecule has 45 heavy (non-hydrogen) atoms. The SMILES string of the molecule is O=C(CSC1=Nc2ccccc2C2=NC(CC(=O)N3CCN(c4ccccc4)CC3)C(=O)N12)N1CCN(c2ccccc2)CC1. The fourth-order valence-corrected chi connectivity index (χ4v) is 7.15. The Balaban J connectivity index is 0.987. The third-order valence-corrected chi connectivity index (χ3v) is 9.67. The van der Waals surface area contributed by atoms with Gasteiger partial charge in [-0.15, -0.1) is 0 Å². The Bertz CT molecular complexity index is 1630. The summed E-state index contributed by atoms with van der Waals surface area (Å²) in [5.41, 5.74) is 3.77. The highest BCUT2D eigenvalue weighted by molar-refractivity contribution is 8.14. The number of thioether (sulfide) groups is 1. The monoisotopic (exact) mass is 621 g/mol. The molecular weight excluding hydrogens is 586 g/mol. The quantitative estimate of drug-likeness (QED) is 0.419. The van der Waals surface area contributed by atoms with E-state index in [1.54, 1.807) is 0 Å². The van der Waals surface area contributed by atoms with E-state index in [9.17, 15) is 14.4 Å². The molecule has 3 aromatic carbocycles. The van der Waals surface area contributed by atoms with Gasteiger partial charge in [-0.25, -0.2) is 9.89 Å². The Hall–Kier alpha value is -4.64. The van der Waals surface area contributed by atoms with Gasteiger partial charge >= 0.3 is 0 Å². The van der Waals surface area contributed by atoms with Crippen LogP contribution in [0.25, 0.3) is 0 Å². The van der Waals surface area contributed by atoms with Gasteiger partial charge in [0.1, 0.15) is 11.9 Å². The van der Waals surface area contributed by atoms with Crippen molar-refractivity contribution in [3.63, 3.8) is 0 Å². The standard InChI is InChI=1S/C34H35N7O3S/c42-30(39-19-15-37(16-20-39)25-9-3-1-4-10-25)23-29-33(44)41-32(35-29)27-13-7-8-14-28(27)36-34(41)45-24-31(43)40-21-17-38(18-22-40)26-11-5-2-6-12-26/h1-14,29H,15-24H2. The minimum atomic E-state index is -0.821. The van der Waals surface area contributed by atoms with Gasteiger partial charge in [-0.3, -0.25) is 19.4 Å². The van der Waals surface area contributed by atoms with E-state index in [1.807, 2.05) is 70.5 Å². The second-order valence-electron chi connectivity index (χ2n) is 11.5. The van der Waals surface area contributed by atoms with Gasteiger partial charge in [0.05, 0.1) is 17.9 Å². The van der Waals surface area contributed by atoms with Crippen LogP contribution in [0, 0.1) is 0 Å². The summed E-state index contributed by atoms with van der Waals surface area (Å²) < 4.78 is 0. The number of carbonyl (C=O) groups excluding carboxylic acids is 3. The molecule has 0 radical (unpaired) electrons. The lowest BCUT2D eigenvalue weighted by atomic mass is 10.1. The summed E-state index contributed by atoms with van der Waals surface area (Å²) in [6, 6.07) is 27.2. The number of nitrogens with zero attached hydrogens (tertiary/aromatic N) is 7. The zero-order valence-corrected chi connectivity index (χ0v) is 25.8. The molecule has 0 bridgehead atoms. The second-order valence-corrected chi connectivity index (χ2v) is 12.4. The average Bonchev–Trinajstić information content (AvgIpc) is 3.43. The number of para-hydroxylation sites is 3. The fraction of sp³-hybridized carbons (Fsp3) is 0.324. The molecule has 0 N–H and O–H groups in total. The van der Waals surface area contributed by atoms with Crippen molar-refractivity contribution in [2.45, 2.75) is 12.5 Å². The molecule has 0 aliphatic carbocycles. The number of hydrogen-bond acceptors (Lipinski definition) is 8. The maximum absolute atomic E-state index is 13.8. The normalized spacial score (nSPS) is 19.6. The largest absolute Gasteiger partial charge is 0.368 e. The number of piperazine rings is 2. The summed E-state index contributed by atoms with van der Waals surface area (Å²) in [5.74, 6) is 0.337. The van der Waals surface area contributed by atoms with Crippen LogP contribution in [-0.2, 0) is 14.4 Å². The number of hydrogen-bond donors (Lipinski definition) is 0. The van der Waals surface area contributed by atoms with Gasteiger partial charge in [0, 0.05) is 69.3 Å². The Morgan fingerprint density at radius 3 is 1.82 bits per heavy atom. The predicted molar refractivity (Wildman–Crippen MR) is 178 cm³/mol. The summed E-state index contributed by atoms with van der Waals surface area (Å²) in [6.45, 7) is 5.51. The molecule has 1 unspecified atom stereocenters. The minimum absolute atomic E-state index is 0.00884. The number of carbonyl (C=O) groups is 3. The van der Waals surface area contributed by atoms with Crippen molar-refractivity contribution in [3.05, 3.63) is 90.5 Å². The van der Waals surface area contributed by atoms with Crippen LogP contribution in [0.1, 0.15) is 12.0 Å². The lowest BCUT2D eigenvalue weighted by Gasteiger charge is -2.36. The first-order chi connectivity index (χ1) is 22.0. The van der Waals surface area contributed by atoms with Crippen LogP contribution >= 0.6 is 11.8 Å². The molecule has 1 atom stereocenters. The number of fused-ring (bicyclic) bond motifs is 3. The van der Waals surface area contributed by atoms with E-state index in [0.29, 0.717) is 42.9 Å². The van der Waals surface area contributed by atoms with Gasteiger partial charge < -0.3 is 19.6 Å². The summed E-state index contributed by atoms with van der Waals surface area (Å²) >= 11 is 1.26. The lowest BCUT2D eigenvalue weighted by molar-refractivity contribution is -0.135. The Labute approximate surface area is 267 Å². The molecule has 2 saturated heterocycles. The maximum atomic E-state index is 13.8. The molecule has 4 aliphatic rings. The van der Waals surface area contributed by atoms with Crippen LogP contribution < -0.4 is 9.80 Å². The topological polar surface area (TPSA) is 92.1 Å². The van der Waals surface area contributed by atoms with Gasteiger partial charge in [-0.1, -0.05) is 60.3 Å². The number of benzene rings is 3. The number of rotatable bonds is 6. The predicted octanol–water partition coefficient (Wildman–Crippen LogP) is 3.47. The summed E-state index contributed by atoms with van der Waals surface area (Å²) in [7, 11) is 0. The third kappa shape index (κ3) is 6.04. The zero-order valence-electron chi connectivity index (χ0n) is 25.0. The molecule has 2 fully saturated rings. The average molecular weight is 622 g/mol. The van der Waals surface area contributed by atoms with E-state index in [4.69, 9.17) is 9.98 Å². The summed E-state index contributed by atoms with van der Waals surface area (Å²) in [5, 5.41) is 0.431. The zero-order chi connectivity index (χ0) is 30.8. The van der Waals surface area contributed by atoms with E-state index in [1.165, 1.54) is 16.7 Å². The molecule has 230 valence electrons. The molecular formula is C34H35N7O3S. The number of amides is 3. The highest BCUT2D eigenvalue weighted by atomic mass is 32.2. The van der Waals surface area contributed by atoms with Gasteiger partial charge in [0.25, 0.3) is 5.91 Å². The number of amidine groups is 2. The smallest absolute Gasteiger partial charge is 0.259 e. The number of aliphatic imine (C=N–C) groups is 2. The van der Waals surface area contributed by atoms with Crippen LogP contribution in [0.3, 0.4) is 0 Å². The molecule has 7 rings (SSSR count). The van der Waals surface area contributed by atoms with Gasteiger partial charge in [0.2, 0.25) is 11.8 Å². The van der Waals surface area contributed by atoms with Gasteiger partial charge in [-0.2, -0.15) is 0 Å². The minimum Gasteiger partial charge on any atom is -0.368 e. The van der Waals surface area contributed by atoms with E-state index < -0.39 is 6.04 Å². The van der Waals surface area contributed by atoms with Crippen LogP contribution in [-0.4, -0.2) is 108 Å². The van der Waals surface area contributed by atoms with Crippen LogP contribution in [0.5, 0.6) is 0 Å². The van der Waals surface area contributed by atoms with Crippen LogP contribution in [0.4, 0.5) is 17.1 Å². The van der Waals surface area contributed by atoms with Crippen LogP contribution in [0.2, 0.25) is 0 Å². The molecule has 11 heteroatoms. The molecule has 4 aliphatic heterocycles. The van der Waals surface area contributed by atoms with Crippen molar-refractivity contribution < 1.29 is 14.4 Å². The highest BCUT2D eigenvalue weighted by Crippen LogP contribution is 2.34. The molecule has 3 amide bonds. The molecule has 4 heterocycles. The van der Waals surface area contributed by atoms with Gasteiger partial charge in [0.15, 0.2) is 5.17 Å². The van der Waals surface area contributed by atoms with E-state index in [2.05, 4.69) is 34.1 Å². The highest BCUT2D eigenvalue weighted by Gasteiger charge is 2.43. The first kappa shape index (κ1) is 29.1. The fourth-order valence-electron chi connectivity index (χ4n) is 6.25. The van der Waals surface area contributed by atoms with Crippen molar-refractivity contribution in [1.29, 1.82) is 0 Å². The molecule has 3 aromatic rings. The van der Waals surface area contributed by atoms with Gasteiger partial charge in [-0.05, 0) is 36.4 Å².